The highest BCUT2D eigenvalue weighted by molar-refractivity contribution is 6.16. The van der Waals surface area contributed by atoms with Gasteiger partial charge in [0.2, 0.25) is 5.89 Å². The molecule has 0 atom stereocenters. The molecule has 9 aromatic carbocycles. The van der Waals surface area contributed by atoms with Gasteiger partial charge in [0.05, 0.1) is 11.3 Å². The van der Waals surface area contributed by atoms with Gasteiger partial charge in [0.1, 0.15) is 16.7 Å². The van der Waals surface area contributed by atoms with Crippen LogP contribution in [0.25, 0.3) is 89.0 Å². The van der Waals surface area contributed by atoms with Gasteiger partial charge in [-0.25, -0.2) is 4.98 Å². The number of aromatic nitrogens is 1. The molecule has 0 fully saturated rings. The van der Waals surface area contributed by atoms with E-state index in [1.54, 1.807) is 0 Å². The maximum atomic E-state index is 6.62. The zero-order valence-electron chi connectivity index (χ0n) is 32.0. The second-order valence-electron chi connectivity index (χ2n) is 14.7. The summed E-state index contributed by atoms with van der Waals surface area (Å²) in [5.74, 6) is 0.578. The third-order valence-electron chi connectivity index (χ3n) is 11.1. The van der Waals surface area contributed by atoms with E-state index in [9.17, 15) is 0 Å². The number of oxazole rings is 1. The van der Waals surface area contributed by atoms with Gasteiger partial charge < -0.3 is 13.7 Å². The molecule has 278 valence electrons. The molecule has 0 spiro atoms. The smallest absolute Gasteiger partial charge is 0.227 e. The summed E-state index contributed by atoms with van der Waals surface area (Å²) in [5, 5.41) is 2.05. The van der Waals surface area contributed by atoms with Crippen LogP contribution in [-0.2, 0) is 0 Å². The average molecular weight is 757 g/mol. The monoisotopic (exact) mass is 756 g/mol. The van der Waals surface area contributed by atoms with Crippen molar-refractivity contribution in [3.8, 4) is 56.0 Å². The fraction of sp³-hybridized carbons (Fsp3) is 0. The molecule has 2 aromatic heterocycles. The molecular formula is C55H36N2O2. The molecule has 0 bridgehead atoms. The lowest BCUT2D eigenvalue weighted by atomic mass is 9.98. The maximum Gasteiger partial charge on any atom is 0.227 e. The highest BCUT2D eigenvalue weighted by Crippen LogP contribution is 2.45. The first-order valence-corrected chi connectivity index (χ1v) is 19.9. The number of nitrogens with zero attached hydrogens (tertiary/aromatic N) is 2. The molecule has 0 saturated carbocycles. The number of hydrogen-bond acceptors (Lipinski definition) is 4. The van der Waals surface area contributed by atoms with Crippen molar-refractivity contribution in [2.45, 2.75) is 0 Å². The molecule has 4 nitrogen and oxygen atoms in total. The molecule has 0 aliphatic rings. The van der Waals surface area contributed by atoms with Crippen molar-refractivity contribution in [2.24, 2.45) is 0 Å². The van der Waals surface area contributed by atoms with Gasteiger partial charge in [-0.2, -0.15) is 0 Å². The van der Waals surface area contributed by atoms with Crippen LogP contribution in [-0.4, -0.2) is 4.98 Å². The number of benzene rings is 9. The van der Waals surface area contributed by atoms with Gasteiger partial charge in [0, 0.05) is 33.3 Å². The Hall–Kier alpha value is -7.95. The summed E-state index contributed by atoms with van der Waals surface area (Å²) in [6.07, 6.45) is 0. The standard InChI is InChI=1S/C55H36N2O2/c1-4-14-37(15-5-1)38-24-26-39(27-25-38)40-28-32-44(33-29-40)57(50-22-12-10-20-46(50)41-16-6-2-7-17-41)45-34-30-42(31-35-45)52-53-48(47-21-11-13-23-51(47)58-53)36-49-54(52)59-55(56-49)43-18-8-3-9-19-43/h1-36H. The Morgan fingerprint density at radius 1 is 0.356 bits per heavy atom. The molecule has 0 saturated heterocycles. The second-order valence-corrected chi connectivity index (χ2v) is 14.7. The summed E-state index contributed by atoms with van der Waals surface area (Å²) >= 11 is 0. The molecule has 0 N–H and O–H groups in total. The molecular weight excluding hydrogens is 721 g/mol. The quantitative estimate of drug-likeness (QED) is 0.155. The van der Waals surface area contributed by atoms with E-state index >= 15 is 0 Å². The number of fused-ring (bicyclic) bond motifs is 4. The summed E-state index contributed by atoms with van der Waals surface area (Å²) in [6.45, 7) is 0. The van der Waals surface area contributed by atoms with Crippen LogP contribution in [0, 0.1) is 0 Å². The van der Waals surface area contributed by atoms with Gasteiger partial charge in [-0.05, 0) is 88.0 Å². The van der Waals surface area contributed by atoms with E-state index in [1.807, 2.05) is 48.5 Å². The molecule has 59 heavy (non-hydrogen) atoms. The molecule has 0 aliphatic heterocycles. The first-order chi connectivity index (χ1) is 29.2. The van der Waals surface area contributed by atoms with Crippen molar-refractivity contribution in [1.29, 1.82) is 0 Å². The van der Waals surface area contributed by atoms with Gasteiger partial charge in [-0.1, -0.05) is 164 Å². The lowest BCUT2D eigenvalue weighted by Gasteiger charge is -2.28. The molecule has 0 amide bonds. The Kier molecular flexibility index (Phi) is 8.45. The lowest BCUT2D eigenvalue weighted by Crippen LogP contribution is -2.11. The van der Waals surface area contributed by atoms with E-state index < -0.39 is 0 Å². The molecule has 0 radical (unpaired) electrons. The predicted molar refractivity (Wildman–Crippen MR) is 243 cm³/mol. The van der Waals surface area contributed by atoms with Crippen LogP contribution in [0.15, 0.2) is 227 Å². The number of furan rings is 1. The van der Waals surface area contributed by atoms with Crippen molar-refractivity contribution in [3.63, 3.8) is 0 Å². The average Bonchev–Trinajstić information content (AvgIpc) is 3.92. The third-order valence-corrected chi connectivity index (χ3v) is 11.1. The van der Waals surface area contributed by atoms with Crippen LogP contribution in [0.2, 0.25) is 0 Å². The van der Waals surface area contributed by atoms with Crippen LogP contribution in [0.5, 0.6) is 0 Å². The first-order valence-electron chi connectivity index (χ1n) is 19.9. The Morgan fingerprint density at radius 3 is 1.49 bits per heavy atom. The van der Waals surface area contributed by atoms with Gasteiger partial charge in [0.15, 0.2) is 5.58 Å². The highest BCUT2D eigenvalue weighted by Gasteiger charge is 2.23. The minimum atomic E-state index is 0.578. The molecule has 11 rings (SSSR count). The normalized spacial score (nSPS) is 11.4. The molecule has 2 heterocycles. The Morgan fingerprint density at radius 2 is 0.847 bits per heavy atom. The largest absolute Gasteiger partial charge is 0.455 e. The molecule has 11 aromatic rings. The van der Waals surface area contributed by atoms with Crippen LogP contribution in [0.3, 0.4) is 0 Å². The second kappa shape index (κ2) is 14.5. The predicted octanol–water partition coefficient (Wildman–Crippen LogP) is 15.5. The lowest BCUT2D eigenvalue weighted by molar-refractivity contribution is 0.619. The number of rotatable bonds is 8. The van der Waals surface area contributed by atoms with E-state index in [1.165, 1.54) is 16.7 Å². The van der Waals surface area contributed by atoms with Gasteiger partial charge >= 0.3 is 0 Å². The maximum absolute atomic E-state index is 6.62. The summed E-state index contributed by atoms with van der Waals surface area (Å²) in [4.78, 5) is 7.34. The van der Waals surface area contributed by atoms with Gasteiger partial charge in [-0.3, -0.25) is 0 Å². The molecule has 4 heteroatoms. The minimum Gasteiger partial charge on any atom is -0.455 e. The van der Waals surface area contributed by atoms with Crippen molar-refractivity contribution in [3.05, 3.63) is 218 Å². The van der Waals surface area contributed by atoms with E-state index in [0.29, 0.717) is 11.5 Å². The van der Waals surface area contributed by atoms with Crippen molar-refractivity contribution < 1.29 is 8.83 Å². The summed E-state index contributed by atoms with van der Waals surface area (Å²) in [7, 11) is 0. The SMILES string of the molecule is c1ccc(-c2ccc(-c3ccc(N(c4ccc(-c5c6oc(-c7ccccc7)nc6cc6c5oc5ccccc56)cc4)c4ccccc4-c4ccccc4)cc3)cc2)cc1. The summed E-state index contributed by atoms with van der Waals surface area (Å²) in [6, 6.07) is 76.4. The van der Waals surface area contributed by atoms with E-state index in [2.05, 4.69) is 175 Å². The Balaban J connectivity index is 1.03. The number of hydrogen-bond donors (Lipinski definition) is 0. The fourth-order valence-electron chi connectivity index (χ4n) is 8.23. The Labute approximate surface area is 341 Å². The number of para-hydroxylation sites is 2. The van der Waals surface area contributed by atoms with Gasteiger partial charge in [-0.15, -0.1) is 0 Å². The van der Waals surface area contributed by atoms with Crippen LogP contribution >= 0.6 is 0 Å². The molecule has 0 aliphatic carbocycles. The van der Waals surface area contributed by atoms with E-state index in [4.69, 9.17) is 13.8 Å². The third kappa shape index (κ3) is 6.24. The first kappa shape index (κ1) is 34.3. The number of anilines is 3. The van der Waals surface area contributed by atoms with Crippen molar-refractivity contribution in [2.75, 3.05) is 4.90 Å². The van der Waals surface area contributed by atoms with Crippen LogP contribution < -0.4 is 4.90 Å². The topological polar surface area (TPSA) is 42.4 Å². The minimum absolute atomic E-state index is 0.578. The molecule has 0 unspecified atom stereocenters. The van der Waals surface area contributed by atoms with E-state index in [-0.39, 0.29) is 0 Å². The summed E-state index contributed by atoms with van der Waals surface area (Å²) < 4.78 is 13.2. The van der Waals surface area contributed by atoms with Crippen molar-refractivity contribution >= 4 is 50.1 Å². The van der Waals surface area contributed by atoms with Crippen molar-refractivity contribution in [1.82, 2.24) is 4.98 Å². The van der Waals surface area contributed by atoms with Gasteiger partial charge in [0.25, 0.3) is 0 Å². The van der Waals surface area contributed by atoms with Crippen LogP contribution in [0.1, 0.15) is 0 Å². The fourth-order valence-corrected chi connectivity index (χ4v) is 8.23. The zero-order valence-corrected chi connectivity index (χ0v) is 32.0. The zero-order chi connectivity index (χ0) is 39.1. The Bertz CT molecular complexity index is 3220. The van der Waals surface area contributed by atoms with E-state index in [0.717, 1.165) is 77.9 Å². The van der Waals surface area contributed by atoms with Crippen LogP contribution in [0.4, 0.5) is 17.1 Å². The highest BCUT2D eigenvalue weighted by atomic mass is 16.4. The summed E-state index contributed by atoms with van der Waals surface area (Å²) in [5.41, 5.74) is 16.1.